The molecule has 2 amide bonds. The Morgan fingerprint density at radius 3 is 2.77 bits per heavy atom. The molecule has 4 rings (SSSR count). The molecule has 1 aromatic heterocycles. The lowest BCUT2D eigenvalue weighted by molar-refractivity contribution is 0.0205. The number of hydrogen-bond donors (Lipinski definition) is 2. The highest BCUT2D eigenvalue weighted by Gasteiger charge is 2.40. The Kier molecular flexibility index (Phi) is 5.33. The monoisotopic (exact) mass is 407 g/mol. The molecule has 2 heterocycles. The summed E-state index contributed by atoms with van der Waals surface area (Å²) in [6, 6.07) is 11.8. The van der Waals surface area contributed by atoms with E-state index in [2.05, 4.69) is 15.6 Å². The van der Waals surface area contributed by atoms with Gasteiger partial charge in [-0.25, -0.2) is 9.18 Å². The number of carbonyl (C=O) groups is 1. The van der Waals surface area contributed by atoms with Crippen LogP contribution >= 0.6 is 0 Å². The highest BCUT2D eigenvalue weighted by atomic mass is 19.1. The fourth-order valence-electron chi connectivity index (χ4n) is 4.16. The molecule has 2 aromatic carbocycles. The first-order valence-corrected chi connectivity index (χ1v) is 10.3. The van der Waals surface area contributed by atoms with Gasteiger partial charge in [-0.1, -0.05) is 38.1 Å². The second-order valence-electron chi connectivity index (χ2n) is 7.86. The Hall–Kier alpha value is -3.15. The average Bonchev–Trinajstić information content (AvgIpc) is 2.74. The molecule has 3 aromatic rings. The van der Waals surface area contributed by atoms with Crippen molar-refractivity contribution >= 4 is 22.5 Å². The maximum absolute atomic E-state index is 14.5. The summed E-state index contributed by atoms with van der Waals surface area (Å²) in [5.74, 6) is -0.160. The minimum Gasteiger partial charge on any atom is -0.484 e. The number of halogens is 1. The van der Waals surface area contributed by atoms with Crippen LogP contribution in [0.5, 0.6) is 5.75 Å². The van der Waals surface area contributed by atoms with Gasteiger partial charge < -0.3 is 15.4 Å². The Labute approximate surface area is 175 Å². The van der Waals surface area contributed by atoms with Crippen LogP contribution in [0.2, 0.25) is 0 Å². The average molecular weight is 407 g/mol. The molecular formula is C24H26FN3O2. The van der Waals surface area contributed by atoms with Crippen LogP contribution in [0.1, 0.15) is 50.4 Å². The van der Waals surface area contributed by atoms with Gasteiger partial charge in [0.15, 0.2) is 11.6 Å². The van der Waals surface area contributed by atoms with E-state index in [1.807, 2.05) is 51.1 Å². The van der Waals surface area contributed by atoms with Crippen LogP contribution in [-0.4, -0.2) is 16.6 Å². The van der Waals surface area contributed by atoms with Gasteiger partial charge in [0, 0.05) is 34.6 Å². The van der Waals surface area contributed by atoms with Gasteiger partial charge >= 0.3 is 6.03 Å². The van der Waals surface area contributed by atoms with Crippen LogP contribution in [0.4, 0.5) is 14.9 Å². The number of carbonyl (C=O) groups excluding carboxylic acids is 1. The predicted octanol–water partition coefficient (Wildman–Crippen LogP) is 5.89. The minimum absolute atomic E-state index is 0.240. The van der Waals surface area contributed by atoms with E-state index < -0.39 is 11.4 Å². The summed E-state index contributed by atoms with van der Waals surface area (Å²) in [6.45, 7) is 5.97. The van der Waals surface area contributed by atoms with Crippen molar-refractivity contribution in [1.29, 1.82) is 0 Å². The van der Waals surface area contributed by atoms with Crippen LogP contribution in [0, 0.1) is 12.7 Å². The van der Waals surface area contributed by atoms with Crippen molar-refractivity contribution in [2.24, 2.45) is 0 Å². The third-order valence-electron chi connectivity index (χ3n) is 6.01. The van der Waals surface area contributed by atoms with Crippen molar-refractivity contribution in [2.75, 3.05) is 5.32 Å². The zero-order valence-electron chi connectivity index (χ0n) is 17.5. The number of anilines is 1. The van der Waals surface area contributed by atoms with Gasteiger partial charge in [0.1, 0.15) is 5.60 Å². The molecule has 1 aliphatic rings. The van der Waals surface area contributed by atoms with Gasteiger partial charge in [-0.05, 0) is 38.0 Å². The molecule has 1 atom stereocenters. The van der Waals surface area contributed by atoms with Crippen molar-refractivity contribution in [2.45, 2.75) is 51.7 Å². The molecule has 1 aliphatic heterocycles. The van der Waals surface area contributed by atoms with Crippen LogP contribution in [0.15, 0.2) is 48.7 Å². The maximum atomic E-state index is 14.5. The van der Waals surface area contributed by atoms with Gasteiger partial charge in [-0.2, -0.15) is 0 Å². The van der Waals surface area contributed by atoms with E-state index in [4.69, 9.17) is 4.74 Å². The molecule has 6 heteroatoms. The Bertz CT molecular complexity index is 1100. The van der Waals surface area contributed by atoms with E-state index in [0.717, 1.165) is 29.3 Å². The highest BCUT2D eigenvalue weighted by molar-refractivity contribution is 6.01. The number of nitrogens with one attached hydrogen (secondary N) is 2. The molecule has 2 N–H and O–H groups in total. The fraction of sp³-hybridized carbons (Fsp3) is 0.333. The lowest BCUT2D eigenvalue weighted by Gasteiger charge is -2.41. The second-order valence-corrected chi connectivity index (χ2v) is 7.86. The molecule has 5 nitrogen and oxygen atoms in total. The van der Waals surface area contributed by atoms with Gasteiger partial charge in [-0.15, -0.1) is 0 Å². The number of hydrogen-bond acceptors (Lipinski definition) is 3. The summed E-state index contributed by atoms with van der Waals surface area (Å²) in [5, 5.41) is 7.87. The highest BCUT2D eigenvalue weighted by Crippen LogP contribution is 2.44. The summed E-state index contributed by atoms with van der Waals surface area (Å²) in [7, 11) is 0. The predicted molar refractivity (Wildman–Crippen MR) is 116 cm³/mol. The third-order valence-corrected chi connectivity index (χ3v) is 6.01. The number of aryl methyl sites for hydroxylation is 1. The summed E-state index contributed by atoms with van der Waals surface area (Å²) in [4.78, 5) is 17.2. The Morgan fingerprint density at radius 2 is 2.00 bits per heavy atom. The van der Waals surface area contributed by atoms with Crippen LogP contribution in [0.25, 0.3) is 10.8 Å². The maximum Gasteiger partial charge on any atom is 0.319 e. The molecule has 0 aliphatic carbocycles. The first kappa shape index (κ1) is 20.1. The zero-order chi connectivity index (χ0) is 21.3. The summed E-state index contributed by atoms with van der Waals surface area (Å²) in [6.07, 6.45) is 3.84. The van der Waals surface area contributed by atoms with Crippen LogP contribution in [0.3, 0.4) is 0 Å². The smallest absolute Gasteiger partial charge is 0.319 e. The van der Waals surface area contributed by atoms with Gasteiger partial charge in [0.25, 0.3) is 0 Å². The van der Waals surface area contributed by atoms with E-state index in [0.29, 0.717) is 17.7 Å². The first-order chi connectivity index (χ1) is 14.4. The molecule has 156 valence electrons. The number of pyridine rings is 1. The lowest BCUT2D eigenvalue weighted by Crippen LogP contribution is -2.45. The standard InChI is InChI=1S/C24H26FN3O2/c1-4-24(5-2)13-21(17-9-7-10-19(25)22(17)30-24)28-23(29)27-20-11-6-8-16-14-26-15(3)12-18(16)20/h6-12,14,21H,4-5,13H2,1-3H3,(H2,27,28,29). The number of amides is 2. The van der Waals surface area contributed by atoms with E-state index >= 15 is 0 Å². The van der Waals surface area contributed by atoms with Gasteiger partial charge in [0.05, 0.1) is 11.7 Å². The number of benzene rings is 2. The van der Waals surface area contributed by atoms with Crippen LogP contribution < -0.4 is 15.4 Å². The van der Waals surface area contributed by atoms with Crippen LogP contribution in [-0.2, 0) is 0 Å². The van der Waals surface area contributed by atoms with E-state index in [1.54, 1.807) is 12.3 Å². The minimum atomic E-state index is -0.505. The Balaban J connectivity index is 1.62. The van der Waals surface area contributed by atoms with Gasteiger partial charge in [0.2, 0.25) is 0 Å². The summed E-state index contributed by atoms with van der Waals surface area (Å²) < 4.78 is 20.6. The number of aromatic nitrogens is 1. The molecule has 0 saturated heterocycles. The molecular weight excluding hydrogens is 381 g/mol. The number of para-hydroxylation sites is 1. The number of urea groups is 1. The van der Waals surface area contributed by atoms with Crippen molar-refractivity contribution in [3.63, 3.8) is 0 Å². The van der Waals surface area contributed by atoms with Crippen molar-refractivity contribution in [3.8, 4) is 5.75 Å². The van der Waals surface area contributed by atoms with Crippen molar-refractivity contribution < 1.29 is 13.9 Å². The van der Waals surface area contributed by atoms with E-state index in [-0.39, 0.29) is 17.8 Å². The first-order valence-electron chi connectivity index (χ1n) is 10.3. The molecule has 1 unspecified atom stereocenters. The summed E-state index contributed by atoms with van der Waals surface area (Å²) in [5.41, 5.74) is 1.75. The van der Waals surface area contributed by atoms with Crippen molar-refractivity contribution in [3.05, 3.63) is 65.7 Å². The number of ether oxygens (including phenoxy) is 1. The molecule has 0 saturated carbocycles. The quantitative estimate of drug-likeness (QED) is 0.567. The SMILES string of the molecule is CCC1(CC)CC(NC(=O)Nc2cccc3cnc(C)cc23)c2cccc(F)c2O1. The number of nitrogens with zero attached hydrogens (tertiary/aromatic N) is 1. The molecule has 0 radical (unpaired) electrons. The van der Waals surface area contributed by atoms with E-state index in [1.165, 1.54) is 6.07 Å². The third kappa shape index (κ3) is 3.70. The molecule has 0 fully saturated rings. The van der Waals surface area contributed by atoms with Crippen molar-refractivity contribution in [1.82, 2.24) is 10.3 Å². The lowest BCUT2D eigenvalue weighted by atomic mass is 9.83. The normalized spacial score (nSPS) is 17.1. The molecule has 0 spiro atoms. The molecule has 0 bridgehead atoms. The largest absolute Gasteiger partial charge is 0.484 e. The summed E-state index contributed by atoms with van der Waals surface area (Å²) >= 11 is 0. The molecule has 30 heavy (non-hydrogen) atoms. The van der Waals surface area contributed by atoms with Gasteiger partial charge in [-0.3, -0.25) is 4.98 Å². The topological polar surface area (TPSA) is 63.2 Å². The number of rotatable bonds is 4. The number of fused-ring (bicyclic) bond motifs is 2. The zero-order valence-corrected chi connectivity index (χ0v) is 17.5. The second kappa shape index (κ2) is 7.94. The van der Waals surface area contributed by atoms with E-state index in [9.17, 15) is 9.18 Å². The fourth-order valence-corrected chi connectivity index (χ4v) is 4.16. The Morgan fingerprint density at radius 1 is 1.23 bits per heavy atom.